The van der Waals surface area contributed by atoms with E-state index < -0.39 is 47.1 Å². The topological polar surface area (TPSA) is 95.9 Å². The van der Waals surface area contributed by atoms with Crippen LogP contribution in [0.3, 0.4) is 0 Å². The van der Waals surface area contributed by atoms with E-state index in [0.717, 1.165) is 18.2 Å². The van der Waals surface area contributed by atoms with Gasteiger partial charge in [-0.15, -0.1) is 0 Å². The Morgan fingerprint density at radius 2 is 1.87 bits per heavy atom. The van der Waals surface area contributed by atoms with Crippen LogP contribution in [-0.2, 0) is 21.6 Å². The van der Waals surface area contributed by atoms with Crippen molar-refractivity contribution in [2.24, 2.45) is 0 Å². The minimum Gasteiger partial charge on any atom is -0.508 e. The molecule has 0 spiro atoms. The van der Waals surface area contributed by atoms with Gasteiger partial charge >= 0.3 is 12.1 Å². The van der Waals surface area contributed by atoms with E-state index in [9.17, 15) is 37.4 Å². The summed E-state index contributed by atoms with van der Waals surface area (Å²) in [6.07, 6.45) is -6.16. The van der Waals surface area contributed by atoms with Crippen molar-refractivity contribution >= 4 is 17.6 Å². The molecule has 1 fully saturated rings. The van der Waals surface area contributed by atoms with Crippen LogP contribution >= 0.6 is 0 Å². The number of fused-ring (bicyclic) bond motifs is 1. The van der Waals surface area contributed by atoms with Crippen molar-refractivity contribution in [3.05, 3.63) is 58.9 Å². The lowest BCUT2D eigenvalue weighted by molar-refractivity contribution is -0.253. The molecule has 164 valence electrons. The van der Waals surface area contributed by atoms with Crippen LogP contribution in [-0.4, -0.2) is 33.9 Å². The van der Waals surface area contributed by atoms with Crippen molar-refractivity contribution < 1.29 is 42.1 Å². The van der Waals surface area contributed by atoms with Crippen LogP contribution in [0.1, 0.15) is 40.7 Å². The number of benzene rings is 2. The summed E-state index contributed by atoms with van der Waals surface area (Å²) in [6, 6.07) is 6.71. The highest BCUT2D eigenvalue weighted by atomic mass is 19.4. The van der Waals surface area contributed by atoms with Gasteiger partial charge < -0.3 is 20.3 Å². The first-order valence-electron chi connectivity index (χ1n) is 9.35. The Morgan fingerprint density at radius 1 is 1.16 bits per heavy atom. The zero-order valence-electron chi connectivity index (χ0n) is 15.9. The van der Waals surface area contributed by atoms with Crippen LogP contribution in [0.15, 0.2) is 36.4 Å². The number of aliphatic hydroxyl groups is 1. The molecule has 1 unspecified atom stereocenters. The Bertz CT molecular complexity index is 1080. The summed E-state index contributed by atoms with van der Waals surface area (Å²) in [5.74, 6) is -3.46. The fourth-order valence-corrected chi connectivity index (χ4v) is 3.87. The molecule has 2 aromatic rings. The number of phenols is 1. The van der Waals surface area contributed by atoms with E-state index in [1.165, 1.54) is 18.2 Å². The number of rotatable bonds is 5. The number of hydrogen-bond acceptors (Lipinski definition) is 5. The van der Waals surface area contributed by atoms with Gasteiger partial charge in [0.25, 0.3) is 5.91 Å². The normalized spacial score (nSPS) is 18.7. The third-order valence-electron chi connectivity index (χ3n) is 5.76. The molecule has 4 rings (SSSR count). The van der Waals surface area contributed by atoms with Crippen LogP contribution in [0.4, 0.5) is 23.2 Å². The average molecular weight is 439 g/mol. The summed E-state index contributed by atoms with van der Waals surface area (Å²) in [6.45, 7) is -0.0800. The fraction of sp³-hybridized carbons (Fsp3) is 0.333. The number of halogens is 4. The second-order valence-corrected chi connectivity index (χ2v) is 7.88. The molecule has 1 atom stereocenters. The molecular weight excluding hydrogens is 422 g/mol. The molecule has 2 aliphatic rings. The molecule has 1 aliphatic heterocycles. The van der Waals surface area contributed by atoms with Crippen molar-refractivity contribution in [3.8, 4) is 5.75 Å². The van der Waals surface area contributed by atoms with E-state index in [1.54, 1.807) is 0 Å². The van der Waals surface area contributed by atoms with Gasteiger partial charge in [0, 0.05) is 28.7 Å². The molecule has 6 nitrogen and oxygen atoms in total. The number of hydrogen-bond donors (Lipinski definition) is 3. The molecule has 1 amide bonds. The predicted octanol–water partition coefficient (Wildman–Crippen LogP) is 3.56. The fourth-order valence-electron chi connectivity index (χ4n) is 3.87. The van der Waals surface area contributed by atoms with Gasteiger partial charge in [0.15, 0.2) is 0 Å². The van der Waals surface area contributed by atoms with Crippen LogP contribution in [0.25, 0.3) is 0 Å². The number of carbonyl (C=O) groups excluding carboxylic acids is 2. The lowest BCUT2D eigenvalue weighted by atomic mass is 9.81. The number of phenolic OH excluding ortho intramolecular Hbond substituents is 1. The molecule has 1 heterocycles. The number of alkyl halides is 3. The summed E-state index contributed by atoms with van der Waals surface area (Å²) in [7, 11) is 0. The molecule has 0 bridgehead atoms. The zero-order chi connectivity index (χ0) is 22.6. The third-order valence-corrected chi connectivity index (χ3v) is 5.76. The molecule has 1 saturated carbocycles. The van der Waals surface area contributed by atoms with Gasteiger partial charge in [-0.2, -0.15) is 13.2 Å². The third kappa shape index (κ3) is 3.60. The number of ether oxygens (including phenoxy) is 1. The molecule has 10 heteroatoms. The number of nitrogens with one attached hydrogen (secondary N) is 1. The quantitative estimate of drug-likeness (QED) is 0.489. The van der Waals surface area contributed by atoms with Crippen molar-refractivity contribution in [2.75, 3.05) is 5.32 Å². The minimum atomic E-state index is -5.34. The van der Waals surface area contributed by atoms with Crippen LogP contribution in [0.2, 0.25) is 0 Å². The Hall–Kier alpha value is -3.14. The van der Waals surface area contributed by atoms with E-state index >= 15 is 0 Å². The summed E-state index contributed by atoms with van der Waals surface area (Å²) >= 11 is 0. The van der Waals surface area contributed by atoms with Crippen molar-refractivity contribution in [3.63, 3.8) is 0 Å². The first-order valence-corrected chi connectivity index (χ1v) is 9.35. The van der Waals surface area contributed by atoms with Gasteiger partial charge in [0.05, 0.1) is 5.56 Å². The lowest BCUT2D eigenvalue weighted by Crippen LogP contribution is -2.56. The second kappa shape index (κ2) is 6.94. The summed E-state index contributed by atoms with van der Waals surface area (Å²) in [5.41, 5.74) is -4.71. The van der Waals surface area contributed by atoms with Gasteiger partial charge in [0.1, 0.15) is 18.2 Å². The molecule has 0 aromatic heterocycles. The number of aromatic hydroxyl groups is 1. The predicted molar refractivity (Wildman–Crippen MR) is 98.8 cm³/mol. The van der Waals surface area contributed by atoms with Gasteiger partial charge in [0.2, 0.25) is 5.60 Å². The zero-order valence-corrected chi connectivity index (χ0v) is 15.9. The highest BCUT2D eigenvalue weighted by Crippen LogP contribution is 2.57. The first-order chi connectivity index (χ1) is 14.4. The van der Waals surface area contributed by atoms with Gasteiger partial charge in [-0.1, -0.05) is 0 Å². The minimum absolute atomic E-state index is 0.0526. The summed E-state index contributed by atoms with van der Waals surface area (Å²) < 4.78 is 60.1. The number of esters is 1. The maximum Gasteiger partial charge on any atom is 0.426 e. The van der Waals surface area contributed by atoms with Gasteiger partial charge in [-0.25, -0.2) is 9.18 Å². The SMILES string of the molecule is O=C1OCc2cc(NC(=O)C(O)(CC3(c4cc(F)ccc4O)CC3)C(F)(F)F)ccc21. The first kappa shape index (κ1) is 21.1. The highest BCUT2D eigenvalue weighted by molar-refractivity contribution is 5.99. The van der Waals surface area contributed by atoms with E-state index in [1.807, 2.05) is 5.32 Å². The second-order valence-electron chi connectivity index (χ2n) is 7.88. The molecule has 31 heavy (non-hydrogen) atoms. The van der Waals surface area contributed by atoms with Crippen LogP contribution in [0.5, 0.6) is 5.75 Å². The Balaban J connectivity index is 1.63. The largest absolute Gasteiger partial charge is 0.508 e. The lowest BCUT2D eigenvalue weighted by Gasteiger charge is -2.33. The van der Waals surface area contributed by atoms with E-state index in [2.05, 4.69) is 0 Å². The molecule has 3 N–H and O–H groups in total. The van der Waals surface area contributed by atoms with E-state index in [0.29, 0.717) is 5.56 Å². The number of anilines is 1. The molecule has 0 radical (unpaired) electrons. The van der Waals surface area contributed by atoms with Crippen molar-refractivity contribution in [2.45, 2.75) is 43.1 Å². The number of cyclic esters (lactones) is 1. The Labute approximate surface area is 173 Å². The maximum absolute atomic E-state index is 13.9. The number of amides is 1. The summed E-state index contributed by atoms with van der Waals surface area (Å²) in [5, 5.41) is 22.6. The van der Waals surface area contributed by atoms with Crippen molar-refractivity contribution in [1.82, 2.24) is 0 Å². The van der Waals surface area contributed by atoms with Gasteiger partial charge in [-0.3, -0.25) is 4.79 Å². The maximum atomic E-state index is 13.9. The Kier molecular flexibility index (Phi) is 4.73. The smallest absolute Gasteiger partial charge is 0.426 e. The average Bonchev–Trinajstić information content (AvgIpc) is 3.38. The molecule has 1 aliphatic carbocycles. The van der Waals surface area contributed by atoms with Gasteiger partial charge in [-0.05, 0) is 49.2 Å². The van der Waals surface area contributed by atoms with Crippen LogP contribution in [0, 0.1) is 5.82 Å². The van der Waals surface area contributed by atoms with Crippen LogP contribution < -0.4 is 5.32 Å². The van der Waals surface area contributed by atoms with E-state index in [-0.39, 0.29) is 36.3 Å². The molecule has 2 aromatic carbocycles. The monoisotopic (exact) mass is 439 g/mol. The molecular formula is C21H17F4NO5. The standard InChI is InChI=1S/C21H17F4NO5/c22-12-1-4-16(27)15(8-12)19(5-6-19)10-20(30,21(23,24)25)18(29)26-13-2-3-14-11(7-13)9-31-17(14)28/h1-4,7-8,27,30H,5-6,9-10H2,(H,26,29). The molecule has 0 saturated heterocycles. The number of carbonyl (C=O) groups is 2. The highest BCUT2D eigenvalue weighted by Gasteiger charge is 2.65. The Morgan fingerprint density at radius 3 is 2.52 bits per heavy atom. The van der Waals surface area contributed by atoms with Crippen molar-refractivity contribution in [1.29, 1.82) is 0 Å². The summed E-state index contributed by atoms with van der Waals surface area (Å²) in [4.78, 5) is 24.1. The van der Waals surface area contributed by atoms with E-state index in [4.69, 9.17) is 4.74 Å².